The Labute approximate surface area is 168 Å². The Morgan fingerprint density at radius 2 is 1.07 bits per heavy atom. The molecule has 0 aliphatic carbocycles. The summed E-state index contributed by atoms with van der Waals surface area (Å²) in [4.78, 5) is 11.4. The fourth-order valence-corrected chi connectivity index (χ4v) is 3.31. The van der Waals surface area contributed by atoms with Crippen LogP contribution in [0.5, 0.6) is 0 Å². The number of esters is 1. The molecule has 0 aromatic carbocycles. The Morgan fingerprint density at radius 1 is 0.704 bits per heavy atom. The lowest BCUT2D eigenvalue weighted by molar-refractivity contribution is -0.147. The van der Waals surface area contributed by atoms with Gasteiger partial charge in [-0.05, 0) is 6.42 Å². The Balaban J connectivity index is 3.11. The van der Waals surface area contributed by atoms with Crippen molar-refractivity contribution in [2.45, 2.75) is 129 Å². The molecule has 0 fully saturated rings. The minimum atomic E-state index is -0.954. The number of hydrogen-bond donors (Lipinski definition) is 2. The molecule has 0 aliphatic heterocycles. The monoisotopic (exact) mass is 386 g/mol. The number of aliphatic hydroxyl groups excluding tert-OH is 2. The molecule has 0 unspecified atom stereocenters. The molecule has 0 saturated heterocycles. The van der Waals surface area contributed by atoms with Crippen molar-refractivity contribution >= 4 is 5.97 Å². The van der Waals surface area contributed by atoms with E-state index in [1.807, 2.05) is 0 Å². The third-order valence-corrected chi connectivity index (χ3v) is 5.13. The first kappa shape index (κ1) is 26.4. The average molecular weight is 387 g/mol. The smallest absolute Gasteiger partial charge is 0.305 e. The fourth-order valence-electron chi connectivity index (χ4n) is 3.31. The van der Waals surface area contributed by atoms with E-state index in [2.05, 4.69) is 6.92 Å². The maximum absolute atomic E-state index is 11.4. The maximum Gasteiger partial charge on any atom is 0.305 e. The Kier molecular flexibility index (Phi) is 21.2. The van der Waals surface area contributed by atoms with Crippen LogP contribution in [0, 0.1) is 0 Å². The number of rotatable bonds is 21. The zero-order valence-corrected chi connectivity index (χ0v) is 17.9. The van der Waals surface area contributed by atoms with E-state index >= 15 is 0 Å². The molecule has 0 aliphatic rings. The highest BCUT2D eigenvalue weighted by Gasteiger charge is 2.07. The van der Waals surface area contributed by atoms with Crippen LogP contribution in [-0.4, -0.2) is 35.5 Å². The highest BCUT2D eigenvalue weighted by molar-refractivity contribution is 5.69. The second-order valence-electron chi connectivity index (χ2n) is 7.93. The lowest BCUT2D eigenvalue weighted by atomic mass is 10.0. The Hall–Kier alpha value is -0.610. The highest BCUT2D eigenvalue weighted by Crippen LogP contribution is 2.14. The van der Waals surface area contributed by atoms with Gasteiger partial charge in [0.25, 0.3) is 0 Å². The van der Waals surface area contributed by atoms with E-state index in [9.17, 15) is 4.79 Å². The largest absolute Gasteiger partial charge is 0.463 e. The van der Waals surface area contributed by atoms with Gasteiger partial charge in [-0.1, -0.05) is 110 Å². The van der Waals surface area contributed by atoms with Crippen LogP contribution in [0.4, 0.5) is 0 Å². The molecule has 4 heteroatoms. The average Bonchev–Trinajstić information content (AvgIpc) is 2.68. The Morgan fingerprint density at radius 3 is 1.44 bits per heavy atom. The highest BCUT2D eigenvalue weighted by atomic mass is 16.5. The molecule has 0 saturated carbocycles. The van der Waals surface area contributed by atoms with Crippen molar-refractivity contribution < 1.29 is 19.7 Å². The molecular weight excluding hydrogens is 340 g/mol. The molecule has 0 radical (unpaired) electrons. The minimum absolute atomic E-state index is 0.103. The SMILES string of the molecule is CCCCCCCCCCCCCCCCCCCC(=O)OC[C@H](O)CO. The topological polar surface area (TPSA) is 66.8 Å². The van der Waals surface area contributed by atoms with Crippen molar-refractivity contribution in [1.82, 2.24) is 0 Å². The van der Waals surface area contributed by atoms with Crippen molar-refractivity contribution in [3.63, 3.8) is 0 Å². The van der Waals surface area contributed by atoms with E-state index in [0.717, 1.165) is 12.8 Å². The summed E-state index contributed by atoms with van der Waals surface area (Å²) >= 11 is 0. The molecule has 1 atom stereocenters. The number of unbranched alkanes of at least 4 members (excludes halogenated alkanes) is 16. The first-order chi connectivity index (χ1) is 13.2. The predicted molar refractivity (Wildman–Crippen MR) is 113 cm³/mol. The standard InChI is InChI=1S/C23H46O4/c1-2-3-4-5-6-7-8-9-10-11-12-13-14-15-16-17-18-19-23(26)27-21-22(25)20-24/h22,24-25H,2-21H2,1H3/t22-/m1/s1. The first-order valence-electron chi connectivity index (χ1n) is 11.6. The molecule has 2 N–H and O–H groups in total. The third-order valence-electron chi connectivity index (χ3n) is 5.13. The van der Waals surface area contributed by atoms with Crippen molar-refractivity contribution in [3.05, 3.63) is 0 Å². The number of aliphatic hydroxyl groups is 2. The van der Waals surface area contributed by atoms with E-state index in [4.69, 9.17) is 14.9 Å². The second kappa shape index (κ2) is 21.7. The Bertz CT molecular complexity index is 307. The van der Waals surface area contributed by atoms with Gasteiger partial charge >= 0.3 is 5.97 Å². The van der Waals surface area contributed by atoms with Crippen LogP contribution in [0.2, 0.25) is 0 Å². The molecule has 27 heavy (non-hydrogen) atoms. The normalized spacial score (nSPS) is 12.3. The van der Waals surface area contributed by atoms with Crippen LogP contribution < -0.4 is 0 Å². The number of carbonyl (C=O) groups is 1. The zero-order valence-electron chi connectivity index (χ0n) is 17.9. The molecule has 0 amide bonds. The van der Waals surface area contributed by atoms with Crippen LogP contribution >= 0.6 is 0 Å². The maximum atomic E-state index is 11.4. The fraction of sp³-hybridized carbons (Fsp3) is 0.957. The van der Waals surface area contributed by atoms with Crippen molar-refractivity contribution in [2.24, 2.45) is 0 Å². The van der Waals surface area contributed by atoms with E-state index in [1.54, 1.807) is 0 Å². The van der Waals surface area contributed by atoms with Crippen LogP contribution in [0.15, 0.2) is 0 Å². The van der Waals surface area contributed by atoms with Crippen LogP contribution in [0.3, 0.4) is 0 Å². The lowest BCUT2D eigenvalue weighted by Gasteiger charge is -2.08. The van der Waals surface area contributed by atoms with Gasteiger partial charge in [-0.2, -0.15) is 0 Å². The van der Waals surface area contributed by atoms with Crippen LogP contribution in [0.1, 0.15) is 122 Å². The molecule has 0 spiro atoms. The summed E-state index contributed by atoms with van der Waals surface area (Å²) in [5.74, 6) is -0.275. The van der Waals surface area contributed by atoms with Gasteiger partial charge < -0.3 is 14.9 Å². The zero-order chi connectivity index (χ0) is 20.0. The van der Waals surface area contributed by atoms with Crippen molar-refractivity contribution in [3.8, 4) is 0 Å². The van der Waals surface area contributed by atoms with Gasteiger partial charge in [0.2, 0.25) is 0 Å². The van der Waals surface area contributed by atoms with Gasteiger partial charge in [-0.3, -0.25) is 4.79 Å². The van der Waals surface area contributed by atoms with Crippen molar-refractivity contribution in [1.29, 1.82) is 0 Å². The third kappa shape index (κ3) is 21.5. The van der Waals surface area contributed by atoms with Gasteiger partial charge in [-0.15, -0.1) is 0 Å². The first-order valence-corrected chi connectivity index (χ1v) is 11.6. The molecule has 0 aromatic rings. The van der Waals surface area contributed by atoms with Gasteiger partial charge in [0.15, 0.2) is 0 Å². The summed E-state index contributed by atoms with van der Waals surface area (Å²) in [6.07, 6.45) is 22.0. The lowest BCUT2D eigenvalue weighted by Crippen LogP contribution is -2.21. The summed E-state index contributed by atoms with van der Waals surface area (Å²) in [5.41, 5.74) is 0. The van der Waals surface area contributed by atoms with Crippen molar-refractivity contribution in [2.75, 3.05) is 13.2 Å². The molecule has 0 aromatic heterocycles. The van der Waals surface area contributed by atoms with Gasteiger partial charge in [-0.25, -0.2) is 0 Å². The van der Waals surface area contributed by atoms with E-state index in [-0.39, 0.29) is 19.2 Å². The van der Waals surface area contributed by atoms with Gasteiger partial charge in [0, 0.05) is 6.42 Å². The van der Waals surface area contributed by atoms with Gasteiger partial charge in [0.05, 0.1) is 6.61 Å². The van der Waals surface area contributed by atoms with Crippen LogP contribution in [0.25, 0.3) is 0 Å². The molecular formula is C23H46O4. The molecule has 0 bridgehead atoms. The molecule has 4 nitrogen and oxygen atoms in total. The summed E-state index contributed by atoms with van der Waals surface area (Å²) < 4.78 is 4.87. The van der Waals surface area contributed by atoms with E-state index in [1.165, 1.54) is 96.3 Å². The number of ether oxygens (including phenoxy) is 1. The van der Waals surface area contributed by atoms with Gasteiger partial charge in [0.1, 0.15) is 12.7 Å². The van der Waals surface area contributed by atoms with E-state index in [0.29, 0.717) is 6.42 Å². The number of hydrogen-bond acceptors (Lipinski definition) is 4. The molecule has 162 valence electrons. The summed E-state index contributed by atoms with van der Waals surface area (Å²) in [6, 6.07) is 0. The molecule has 0 heterocycles. The minimum Gasteiger partial charge on any atom is -0.463 e. The molecule has 0 rings (SSSR count). The summed E-state index contributed by atoms with van der Waals surface area (Å²) in [6.45, 7) is 1.80. The summed E-state index contributed by atoms with van der Waals surface area (Å²) in [5, 5.41) is 17.7. The quantitative estimate of drug-likeness (QED) is 0.190. The summed E-state index contributed by atoms with van der Waals surface area (Å²) in [7, 11) is 0. The predicted octanol–water partition coefficient (Wildman–Crippen LogP) is 5.92. The van der Waals surface area contributed by atoms with Crippen LogP contribution in [-0.2, 0) is 9.53 Å². The second-order valence-corrected chi connectivity index (χ2v) is 7.93. The van der Waals surface area contributed by atoms with E-state index < -0.39 is 6.10 Å². The number of carbonyl (C=O) groups excluding carboxylic acids is 1.